The van der Waals surface area contributed by atoms with E-state index in [4.69, 9.17) is 60.0 Å². The summed E-state index contributed by atoms with van der Waals surface area (Å²) in [6.07, 6.45) is -9.33. The maximum absolute atomic E-state index is 8.33. The van der Waals surface area contributed by atoms with Gasteiger partial charge in [0.25, 0.3) is 0 Å². The first-order valence-corrected chi connectivity index (χ1v) is 2.45. The van der Waals surface area contributed by atoms with E-state index >= 15 is 0 Å². The van der Waals surface area contributed by atoms with Gasteiger partial charge in [0.05, 0.1) is 0 Å². The Hall–Kier alpha value is 1.52. The molecule has 4 N–H and O–H groups in total. The molecule has 22 heteroatoms. The van der Waals surface area contributed by atoms with Crippen molar-refractivity contribution in [1.82, 2.24) is 0 Å². The van der Waals surface area contributed by atoms with Gasteiger partial charge in [0.2, 0.25) is 0 Å². The van der Waals surface area contributed by atoms with Crippen LogP contribution in [0, 0.1) is 0 Å². The van der Waals surface area contributed by atoms with Gasteiger partial charge in [0.15, 0.2) is 0 Å². The molecule has 0 aliphatic heterocycles. The zero-order valence-electron chi connectivity index (χ0n) is 13.4. The summed E-state index contributed by atoms with van der Waals surface area (Å²) in [4.78, 5) is 33.3. The third-order valence-electron chi connectivity index (χ3n) is 0. The second kappa shape index (κ2) is 94.5. The molecule has 0 spiro atoms. The fourth-order valence-corrected chi connectivity index (χ4v) is 0. The maximum atomic E-state index is 8.33. The van der Waals surface area contributed by atoms with Gasteiger partial charge >= 0.3 is 141 Å². The number of hydrogen-bond donors (Lipinski definition) is 0. The molecule has 26 heavy (non-hydrogen) atoms. The van der Waals surface area contributed by atoms with E-state index in [9.17, 15) is 0 Å². The van der Waals surface area contributed by atoms with Crippen molar-refractivity contribution in [2.24, 2.45) is 0 Å². The number of carbonyl (C=O) groups is 4. The minimum atomic E-state index is -2.33. The molecule has 0 unspecified atom stereocenters. The summed E-state index contributed by atoms with van der Waals surface area (Å²) in [5.41, 5.74) is 0. The summed E-state index contributed by atoms with van der Waals surface area (Å²) in [6.45, 7) is 0. The topological polar surface area (TPSA) is 373 Å². The summed E-state index contributed by atoms with van der Waals surface area (Å²) < 4.78 is 0. The van der Waals surface area contributed by atoms with Crippen LogP contribution in [-0.2, 0) is 0 Å². The molecule has 0 aliphatic rings. The van der Waals surface area contributed by atoms with Gasteiger partial charge in [-0.2, -0.15) is 0 Å². The second-order valence-corrected chi connectivity index (χ2v) is 1.00. The van der Waals surface area contributed by atoms with Crippen LogP contribution in [0.4, 0.5) is 19.2 Å². The smallest absolute Gasteiger partial charge is 0.870 e. The summed E-state index contributed by atoms with van der Waals surface area (Å²) in [6, 6.07) is 0. The first kappa shape index (κ1) is 106. The van der Waals surface area contributed by atoms with Gasteiger partial charge in [-0.3, -0.25) is 0 Å². The van der Waals surface area contributed by atoms with Crippen molar-refractivity contribution in [3.05, 3.63) is 0 Å². The molecule has 0 saturated heterocycles. The molecule has 128 valence electrons. The average Bonchev–Trinajstić information content (AvgIpc) is 1.76. The van der Waals surface area contributed by atoms with Gasteiger partial charge in [-0.25, -0.2) is 0 Å². The third kappa shape index (κ3) is 6660. The summed E-state index contributed by atoms with van der Waals surface area (Å²) >= 11 is 0. The van der Waals surface area contributed by atoms with Gasteiger partial charge in [0, 0.05) is 0 Å². The zero-order chi connectivity index (χ0) is 14.3. The minimum absolute atomic E-state index is 0. The van der Waals surface area contributed by atoms with E-state index in [1.165, 1.54) is 0 Å². The fourth-order valence-electron chi connectivity index (χ4n) is 0. The van der Waals surface area contributed by atoms with Crippen LogP contribution in [0.2, 0.25) is 0 Å². The molecule has 0 aromatic carbocycles. The summed E-state index contributed by atoms with van der Waals surface area (Å²) in [7, 11) is 0. The Morgan fingerprint density at radius 3 is 0.346 bits per heavy atom. The molecule has 0 aromatic rings. The van der Waals surface area contributed by atoms with Crippen LogP contribution in [0.25, 0.3) is 0 Å². The molecule has 16 nitrogen and oxygen atoms in total. The number of hydrogen-bond acceptors (Lipinski definition) is 16. The molecule has 0 atom stereocenters. The van der Waals surface area contributed by atoms with E-state index in [0.29, 0.717) is 0 Å². The van der Waals surface area contributed by atoms with Crippen LogP contribution < -0.4 is 130 Å². The molecule has 0 fully saturated rings. The van der Waals surface area contributed by atoms with Crippen LogP contribution in [0.15, 0.2) is 0 Å². The standard InChI is InChI=1S/4CH2O3.3Al.3Na.4H2O/c4*2-1(3)4;;;;;;;;;;/h4*(H2,2,3,4);;;;;;;4*1H2/q;;;;3*+3;3*+1;;;;/p-12. The molecular formula is C4H4Al3Na3O16. The Kier molecular flexibility index (Phi) is 385. The molecule has 0 rings (SSSR count). The Morgan fingerprint density at radius 2 is 0.346 bits per heavy atom. The average molecular weight is 458 g/mol. The molecule has 0 amide bonds. The maximum Gasteiger partial charge on any atom is 3.00 e. The molecular weight excluding hydrogens is 454 g/mol. The first-order valence-electron chi connectivity index (χ1n) is 2.45. The van der Waals surface area contributed by atoms with E-state index in [2.05, 4.69) is 0 Å². The van der Waals surface area contributed by atoms with E-state index < -0.39 is 24.6 Å². The van der Waals surface area contributed by atoms with E-state index in [0.717, 1.165) is 0 Å². The monoisotopic (exact) mass is 458 g/mol. The number of rotatable bonds is 0. The normalized spacial score (nSPS) is 3.69. The SMILES string of the molecule is O=C([O-])[O-].O=C([O-])[O-].O=C([O-])[O-].O=C([O-])[O-].[Al+3].[Al+3].[Al+3].[Na+].[Na+].[Na+].[OH-].[OH-].[OH-].[OH-]. The quantitative estimate of drug-likeness (QED) is 0.304. The Morgan fingerprint density at radius 1 is 0.346 bits per heavy atom. The molecule has 0 heterocycles. The molecule has 0 saturated carbocycles. The molecule has 0 aromatic heterocycles. The van der Waals surface area contributed by atoms with Crippen LogP contribution in [-0.4, -0.2) is 98.6 Å². The van der Waals surface area contributed by atoms with Gasteiger partial charge in [-0.1, -0.05) is 0 Å². The zero-order valence-corrected chi connectivity index (χ0v) is 22.9. The van der Waals surface area contributed by atoms with Crippen molar-refractivity contribution in [2.75, 3.05) is 0 Å². The van der Waals surface area contributed by atoms with Crippen molar-refractivity contribution >= 4 is 76.7 Å². The van der Waals surface area contributed by atoms with Crippen molar-refractivity contribution < 1.29 is 171 Å². The minimum Gasteiger partial charge on any atom is -0.870 e. The first-order chi connectivity index (χ1) is 6.93. The fraction of sp³-hybridized carbons (Fsp3) is 0. The summed E-state index contributed by atoms with van der Waals surface area (Å²) in [5.74, 6) is 0. The second-order valence-electron chi connectivity index (χ2n) is 1.00. The predicted octanol–water partition coefficient (Wildman–Crippen LogP) is -20.6. The largest absolute Gasteiger partial charge is 3.00 e. The van der Waals surface area contributed by atoms with Crippen molar-refractivity contribution in [2.45, 2.75) is 0 Å². The summed E-state index contributed by atoms with van der Waals surface area (Å²) in [5, 5.41) is 66.7. The molecule has 0 radical (unpaired) electrons. The van der Waals surface area contributed by atoms with Crippen LogP contribution in [0.5, 0.6) is 0 Å². The van der Waals surface area contributed by atoms with E-state index in [1.54, 1.807) is 0 Å². The number of carbonyl (C=O) groups excluding carboxylic acids is 4. The number of carboxylic acid groups (broad SMARTS) is 8. The Labute approximate surface area is 244 Å². The Bertz CT molecular complexity index is 181. The van der Waals surface area contributed by atoms with Gasteiger partial charge in [0.1, 0.15) is 0 Å². The molecule has 0 aliphatic carbocycles. The van der Waals surface area contributed by atoms with Gasteiger partial charge in [-0.15, -0.1) is 0 Å². The third-order valence-corrected chi connectivity index (χ3v) is 0. The molecule has 0 bridgehead atoms. The van der Waals surface area contributed by atoms with Crippen LogP contribution >= 0.6 is 0 Å². The van der Waals surface area contributed by atoms with Crippen molar-refractivity contribution in [3.63, 3.8) is 0 Å². The van der Waals surface area contributed by atoms with Gasteiger partial charge in [-0.05, 0) is 24.6 Å². The van der Waals surface area contributed by atoms with Crippen LogP contribution in [0.3, 0.4) is 0 Å². The Balaban J connectivity index is -0.00000000545. The van der Waals surface area contributed by atoms with Crippen molar-refractivity contribution in [1.29, 1.82) is 0 Å². The van der Waals surface area contributed by atoms with Crippen molar-refractivity contribution in [3.8, 4) is 0 Å². The van der Waals surface area contributed by atoms with Gasteiger partial charge < -0.3 is 81.9 Å². The van der Waals surface area contributed by atoms with Crippen LogP contribution in [0.1, 0.15) is 0 Å². The predicted molar refractivity (Wildman–Crippen MR) is 46.6 cm³/mol. The van der Waals surface area contributed by atoms with E-state index in [1.807, 2.05) is 0 Å². The van der Waals surface area contributed by atoms with E-state index in [-0.39, 0.29) is 163 Å².